The highest BCUT2D eigenvalue weighted by molar-refractivity contribution is 7.98. The Morgan fingerprint density at radius 1 is 0.500 bits per heavy atom. The summed E-state index contributed by atoms with van der Waals surface area (Å²) < 4.78 is 9.67. The SMILES string of the molecule is CC(C)(C)c1c[nH]c2ccccc12.CC(C)CC(C)(C)C.CCCC(C)(C)C.CSc1ccccc1.CSc1ccccc1.Cc1c[nH]c2ccccc12.Cc1ccco1.Cc1ccco1. The predicted octanol–water partition coefficient (Wildman–Crippen LogP) is 19.8. The molecule has 0 unspecified atom stereocenters. The van der Waals surface area contributed by atoms with Gasteiger partial charge in [0, 0.05) is 44.0 Å². The van der Waals surface area contributed by atoms with Gasteiger partial charge in [-0.25, -0.2) is 0 Å². The number of nitrogens with one attached hydrogen (secondary N) is 2. The number of rotatable bonds is 4. The van der Waals surface area contributed by atoms with Gasteiger partial charge in [0.2, 0.25) is 0 Å². The van der Waals surface area contributed by atoms with Crippen LogP contribution in [0, 0.1) is 37.5 Å². The lowest BCUT2D eigenvalue weighted by Gasteiger charge is -2.19. The number of H-pyrrole nitrogens is 2. The van der Waals surface area contributed by atoms with Crippen LogP contribution >= 0.6 is 23.5 Å². The average Bonchev–Trinajstić information content (AvgIpc) is 4.11. The van der Waals surface area contributed by atoms with Gasteiger partial charge in [-0.15, -0.1) is 23.5 Å². The summed E-state index contributed by atoms with van der Waals surface area (Å²) in [5.74, 6) is 2.78. The summed E-state index contributed by atoms with van der Waals surface area (Å²) in [6, 6.07) is 45.0. The molecule has 4 aromatic heterocycles. The van der Waals surface area contributed by atoms with Gasteiger partial charge in [-0.1, -0.05) is 162 Å². The fraction of sp³-hybridized carbons (Fsp3) is 0.400. The van der Waals surface area contributed by atoms with Gasteiger partial charge in [-0.05, 0) is 140 Å². The lowest BCUT2D eigenvalue weighted by Crippen LogP contribution is -2.09. The molecule has 0 aliphatic carbocycles. The molecule has 0 aliphatic rings. The molecule has 0 atom stereocenters. The fourth-order valence-electron chi connectivity index (χ4n) is 6.72. The number of para-hydroxylation sites is 2. The summed E-state index contributed by atoms with van der Waals surface area (Å²) in [4.78, 5) is 9.14. The molecule has 8 rings (SSSR count). The maximum absolute atomic E-state index is 4.83. The maximum Gasteiger partial charge on any atom is 0.100 e. The van der Waals surface area contributed by atoms with Crippen molar-refractivity contribution in [2.75, 3.05) is 12.5 Å². The van der Waals surface area contributed by atoms with Gasteiger partial charge in [-0.2, -0.15) is 0 Å². The molecule has 0 saturated heterocycles. The number of aromatic nitrogens is 2. The number of benzene rings is 4. The molecule has 4 heterocycles. The molecule has 0 amide bonds. The Bertz CT molecular complexity index is 2250. The average molecular weight is 931 g/mol. The second-order valence-corrected chi connectivity index (χ2v) is 21.7. The number of thioether (sulfide) groups is 2. The number of fused-ring (bicyclic) bond motifs is 2. The zero-order chi connectivity index (χ0) is 49.6. The summed E-state index contributed by atoms with van der Waals surface area (Å²) in [5.41, 5.74) is 6.45. The molecule has 0 radical (unpaired) electrons. The highest BCUT2D eigenvalue weighted by Gasteiger charge is 2.17. The van der Waals surface area contributed by atoms with Crippen LogP contribution in [0.5, 0.6) is 0 Å². The topological polar surface area (TPSA) is 57.9 Å². The minimum Gasteiger partial charge on any atom is -0.470 e. The number of furan rings is 2. The number of hydrogen-bond acceptors (Lipinski definition) is 4. The van der Waals surface area contributed by atoms with Gasteiger partial charge in [0.1, 0.15) is 11.5 Å². The number of aromatic amines is 2. The normalized spacial score (nSPS) is 10.6. The van der Waals surface area contributed by atoms with Crippen LogP contribution in [0.2, 0.25) is 0 Å². The van der Waals surface area contributed by atoms with Crippen LogP contribution in [0.3, 0.4) is 0 Å². The van der Waals surface area contributed by atoms with Gasteiger partial charge in [0.25, 0.3) is 0 Å². The second kappa shape index (κ2) is 32.0. The lowest BCUT2D eigenvalue weighted by molar-refractivity contribution is 0.320. The Morgan fingerprint density at radius 2 is 0.909 bits per heavy atom. The molecule has 4 nitrogen and oxygen atoms in total. The third-order valence-electron chi connectivity index (χ3n) is 9.50. The van der Waals surface area contributed by atoms with E-state index in [0.717, 1.165) is 17.4 Å². The largest absolute Gasteiger partial charge is 0.470 e. The van der Waals surface area contributed by atoms with Crippen molar-refractivity contribution in [2.24, 2.45) is 16.7 Å². The second-order valence-electron chi connectivity index (χ2n) is 20.0. The minimum absolute atomic E-state index is 0.222. The van der Waals surface area contributed by atoms with Crippen LogP contribution in [-0.4, -0.2) is 22.5 Å². The Kier molecular flexibility index (Phi) is 28.7. The molecular weight excluding hydrogens is 845 g/mol. The molecule has 0 aliphatic heterocycles. The molecule has 4 aromatic carbocycles. The van der Waals surface area contributed by atoms with Gasteiger partial charge in [-0.3, -0.25) is 0 Å². The number of aryl methyl sites for hydroxylation is 3. The predicted molar refractivity (Wildman–Crippen MR) is 297 cm³/mol. The van der Waals surface area contributed by atoms with Crippen LogP contribution in [0.25, 0.3) is 21.8 Å². The summed E-state index contributed by atoms with van der Waals surface area (Å²) in [5, 5.41) is 2.66. The fourth-order valence-corrected chi connectivity index (χ4v) is 7.58. The van der Waals surface area contributed by atoms with E-state index in [0.29, 0.717) is 10.8 Å². The van der Waals surface area contributed by atoms with Crippen molar-refractivity contribution < 1.29 is 8.83 Å². The first-order valence-corrected chi connectivity index (χ1v) is 25.8. The van der Waals surface area contributed by atoms with Crippen LogP contribution in [0.1, 0.15) is 125 Å². The molecule has 0 saturated carbocycles. The zero-order valence-electron chi connectivity index (χ0n) is 43.8. The smallest absolute Gasteiger partial charge is 0.100 e. The zero-order valence-corrected chi connectivity index (χ0v) is 45.5. The first kappa shape index (κ1) is 59.2. The van der Waals surface area contributed by atoms with Crippen LogP contribution in [0.15, 0.2) is 177 Å². The Labute approximate surface area is 410 Å². The van der Waals surface area contributed by atoms with E-state index in [9.17, 15) is 0 Å². The van der Waals surface area contributed by atoms with Crippen LogP contribution < -0.4 is 0 Å². The first-order valence-electron chi connectivity index (χ1n) is 23.4. The lowest BCUT2D eigenvalue weighted by atomic mass is 9.86. The van der Waals surface area contributed by atoms with Crippen molar-refractivity contribution in [1.82, 2.24) is 9.97 Å². The van der Waals surface area contributed by atoms with E-state index in [-0.39, 0.29) is 5.41 Å². The van der Waals surface area contributed by atoms with Gasteiger partial charge < -0.3 is 18.8 Å². The highest BCUT2D eigenvalue weighted by atomic mass is 32.2. The molecular formula is C60H86N2O2S2. The third kappa shape index (κ3) is 28.3. The van der Waals surface area contributed by atoms with Crippen molar-refractivity contribution in [3.63, 3.8) is 0 Å². The molecule has 360 valence electrons. The van der Waals surface area contributed by atoms with Crippen molar-refractivity contribution >= 4 is 45.3 Å². The van der Waals surface area contributed by atoms with Gasteiger partial charge in [0.15, 0.2) is 0 Å². The molecule has 6 heteroatoms. The molecule has 2 N–H and O–H groups in total. The van der Waals surface area contributed by atoms with Crippen molar-refractivity contribution in [3.05, 3.63) is 181 Å². The Balaban J connectivity index is 0.000000382. The quantitative estimate of drug-likeness (QED) is 0.173. The molecule has 66 heavy (non-hydrogen) atoms. The van der Waals surface area contributed by atoms with E-state index < -0.39 is 0 Å². The monoisotopic (exact) mass is 931 g/mol. The molecule has 8 aromatic rings. The van der Waals surface area contributed by atoms with E-state index in [1.807, 2.05) is 86.8 Å². The summed E-state index contributed by atoms with van der Waals surface area (Å²) in [6.07, 6.45) is 15.6. The molecule has 0 fully saturated rings. The Morgan fingerprint density at radius 3 is 1.18 bits per heavy atom. The third-order valence-corrected chi connectivity index (χ3v) is 11.0. The van der Waals surface area contributed by atoms with Crippen LogP contribution in [-0.2, 0) is 5.41 Å². The van der Waals surface area contributed by atoms with E-state index in [4.69, 9.17) is 8.83 Å². The maximum atomic E-state index is 4.83. The highest BCUT2D eigenvalue weighted by Crippen LogP contribution is 2.29. The van der Waals surface area contributed by atoms with Crippen molar-refractivity contribution in [2.45, 2.75) is 138 Å². The van der Waals surface area contributed by atoms with Crippen LogP contribution in [0.4, 0.5) is 0 Å². The van der Waals surface area contributed by atoms with Gasteiger partial charge in [0.05, 0.1) is 12.5 Å². The number of hydrogen-bond donors (Lipinski definition) is 2. The molecule has 0 bridgehead atoms. The van der Waals surface area contributed by atoms with Crippen molar-refractivity contribution in [1.29, 1.82) is 0 Å². The Hall–Kier alpha value is -4.78. The van der Waals surface area contributed by atoms with E-state index in [1.165, 1.54) is 62.0 Å². The summed E-state index contributed by atoms with van der Waals surface area (Å²) >= 11 is 3.54. The van der Waals surface area contributed by atoms with Crippen molar-refractivity contribution in [3.8, 4) is 0 Å². The molecule has 0 spiro atoms. The summed E-state index contributed by atoms with van der Waals surface area (Å²) in [6.45, 7) is 33.1. The summed E-state index contributed by atoms with van der Waals surface area (Å²) in [7, 11) is 0. The van der Waals surface area contributed by atoms with E-state index in [1.54, 1.807) is 36.1 Å². The minimum atomic E-state index is 0.222. The van der Waals surface area contributed by atoms with E-state index >= 15 is 0 Å². The first-order chi connectivity index (χ1) is 31.1. The standard InChI is InChI=1S/C12H15N.C9H9N.C8H18.2C7H8S.C7H16.2C5H6O/c1-12(2,3)10-8-13-11-7-5-4-6-9(10)11;1-7-6-10-9-5-3-2-4-8(7)9;1-7(2)6-8(3,4)5;2*1-8-7-5-3-2-4-6-7;1-5-6-7(2,3)4;2*1-5-3-2-4-6-5/h4-8,13H,1-3H3;2-6,10H,1H3;7H,6H2,1-5H3;2*2-6H,1H3;5-6H2,1-4H3;2*2-4H,1H3. The van der Waals surface area contributed by atoms with E-state index in [2.05, 4.69) is 185 Å². The van der Waals surface area contributed by atoms with Gasteiger partial charge >= 0.3 is 0 Å².